The van der Waals surface area contributed by atoms with Crippen LogP contribution in [0.25, 0.3) is 0 Å². The molecule has 0 amide bonds. The highest BCUT2D eigenvalue weighted by Gasteiger charge is 2.29. The van der Waals surface area contributed by atoms with Crippen molar-refractivity contribution in [3.63, 3.8) is 0 Å². The minimum Gasteiger partial charge on any atom is -0.377 e. The first-order chi connectivity index (χ1) is 5.45. The molecular weight excluding hydrogens is 150 g/mol. The van der Waals surface area contributed by atoms with Gasteiger partial charge in [0.05, 0.1) is 5.60 Å². The molecule has 0 bridgehead atoms. The smallest absolute Gasteiger partial charge is 0.0775 e. The van der Waals surface area contributed by atoms with Crippen molar-refractivity contribution < 1.29 is 4.74 Å². The molecule has 0 heterocycles. The quantitative estimate of drug-likeness (QED) is 0.691. The Kier molecular flexibility index (Phi) is 4.80. The number of hydrogen-bond donors (Lipinski definition) is 1. The third-order valence-corrected chi connectivity index (χ3v) is 2.69. The molecule has 12 heavy (non-hydrogen) atoms. The summed E-state index contributed by atoms with van der Waals surface area (Å²) >= 11 is 0. The van der Waals surface area contributed by atoms with Crippen molar-refractivity contribution in [1.82, 2.24) is 0 Å². The second-order valence-corrected chi connectivity index (χ2v) is 4.10. The van der Waals surface area contributed by atoms with E-state index in [0.717, 1.165) is 0 Å². The second kappa shape index (κ2) is 4.83. The van der Waals surface area contributed by atoms with E-state index in [2.05, 4.69) is 13.8 Å². The third kappa shape index (κ3) is 3.11. The van der Waals surface area contributed by atoms with E-state index in [4.69, 9.17) is 10.5 Å². The molecule has 2 unspecified atom stereocenters. The monoisotopic (exact) mass is 173 g/mol. The van der Waals surface area contributed by atoms with E-state index in [1.54, 1.807) is 7.11 Å². The number of methoxy groups -OCH3 is 1. The van der Waals surface area contributed by atoms with E-state index in [1.165, 1.54) is 12.8 Å². The molecule has 2 heteroatoms. The Bertz CT molecular complexity index is 123. The number of nitrogens with two attached hydrogens (primary N) is 1. The van der Waals surface area contributed by atoms with Gasteiger partial charge >= 0.3 is 0 Å². The van der Waals surface area contributed by atoms with Crippen molar-refractivity contribution in [1.29, 1.82) is 0 Å². The zero-order valence-corrected chi connectivity index (χ0v) is 9.05. The molecule has 2 atom stereocenters. The highest BCUT2D eigenvalue weighted by atomic mass is 16.5. The minimum atomic E-state index is -0.200. The highest BCUT2D eigenvalue weighted by Crippen LogP contribution is 2.21. The molecule has 0 aliphatic carbocycles. The normalized spacial score (nSPS) is 17.5. The molecule has 0 aliphatic heterocycles. The molecule has 2 nitrogen and oxygen atoms in total. The summed E-state index contributed by atoms with van der Waals surface area (Å²) in [6, 6.07) is 0.127. The van der Waals surface area contributed by atoms with Gasteiger partial charge in [-0.25, -0.2) is 0 Å². The lowest BCUT2D eigenvalue weighted by atomic mass is 9.86. The Labute approximate surface area is 76.5 Å². The van der Waals surface area contributed by atoms with Gasteiger partial charge in [0.15, 0.2) is 0 Å². The van der Waals surface area contributed by atoms with Gasteiger partial charge in [-0.2, -0.15) is 0 Å². The SMILES string of the molecule is CCCC(C)C(N)C(C)(C)OC. The predicted molar refractivity (Wildman–Crippen MR) is 53.1 cm³/mol. The number of ether oxygens (including phenoxy) is 1. The van der Waals surface area contributed by atoms with Gasteiger partial charge in [0.2, 0.25) is 0 Å². The molecule has 0 saturated heterocycles. The standard InChI is InChI=1S/C10H23NO/c1-6-7-8(2)9(11)10(3,4)12-5/h8-9H,6-7,11H2,1-5H3. The lowest BCUT2D eigenvalue weighted by Gasteiger charge is -2.34. The topological polar surface area (TPSA) is 35.2 Å². The maximum absolute atomic E-state index is 6.07. The van der Waals surface area contributed by atoms with Gasteiger partial charge in [0.1, 0.15) is 0 Å². The maximum atomic E-state index is 6.07. The summed E-state index contributed by atoms with van der Waals surface area (Å²) in [7, 11) is 1.72. The molecule has 0 radical (unpaired) electrons. The minimum absolute atomic E-state index is 0.127. The largest absolute Gasteiger partial charge is 0.377 e. The summed E-state index contributed by atoms with van der Waals surface area (Å²) in [5, 5.41) is 0. The van der Waals surface area contributed by atoms with Gasteiger partial charge in [-0.15, -0.1) is 0 Å². The van der Waals surface area contributed by atoms with Crippen LogP contribution in [0.15, 0.2) is 0 Å². The van der Waals surface area contributed by atoms with Crippen LogP contribution < -0.4 is 5.73 Å². The first kappa shape index (κ1) is 11.9. The van der Waals surface area contributed by atoms with E-state index in [-0.39, 0.29) is 11.6 Å². The average molecular weight is 173 g/mol. The Morgan fingerprint density at radius 3 is 2.25 bits per heavy atom. The number of rotatable bonds is 5. The van der Waals surface area contributed by atoms with Crippen LogP contribution in [0.5, 0.6) is 0 Å². The van der Waals surface area contributed by atoms with Gasteiger partial charge in [-0.3, -0.25) is 0 Å². The molecule has 0 rings (SSSR count). The zero-order valence-electron chi connectivity index (χ0n) is 9.05. The fraction of sp³-hybridized carbons (Fsp3) is 1.00. The van der Waals surface area contributed by atoms with Crippen LogP contribution in [0.1, 0.15) is 40.5 Å². The summed E-state index contributed by atoms with van der Waals surface area (Å²) in [5.41, 5.74) is 5.87. The lowest BCUT2D eigenvalue weighted by molar-refractivity contribution is -0.0143. The summed E-state index contributed by atoms with van der Waals surface area (Å²) in [4.78, 5) is 0. The fourth-order valence-corrected chi connectivity index (χ4v) is 1.46. The molecule has 0 aromatic rings. The van der Waals surface area contributed by atoms with Crippen LogP contribution in [-0.2, 0) is 4.74 Å². The third-order valence-electron chi connectivity index (χ3n) is 2.69. The fourth-order valence-electron chi connectivity index (χ4n) is 1.46. The Hall–Kier alpha value is -0.0800. The van der Waals surface area contributed by atoms with Crippen molar-refractivity contribution in [2.75, 3.05) is 7.11 Å². The zero-order chi connectivity index (χ0) is 9.78. The van der Waals surface area contributed by atoms with Crippen LogP contribution in [0, 0.1) is 5.92 Å². The van der Waals surface area contributed by atoms with Crippen molar-refractivity contribution in [3.05, 3.63) is 0 Å². The van der Waals surface area contributed by atoms with E-state index in [1.807, 2.05) is 13.8 Å². The van der Waals surface area contributed by atoms with Crippen molar-refractivity contribution in [3.8, 4) is 0 Å². The predicted octanol–water partition coefficient (Wildman–Crippen LogP) is 2.17. The van der Waals surface area contributed by atoms with Crippen molar-refractivity contribution in [2.45, 2.75) is 52.2 Å². The summed E-state index contributed by atoms with van der Waals surface area (Å²) in [6.45, 7) is 8.46. The van der Waals surface area contributed by atoms with Gasteiger partial charge < -0.3 is 10.5 Å². The Morgan fingerprint density at radius 2 is 1.92 bits per heavy atom. The lowest BCUT2D eigenvalue weighted by Crippen LogP contribution is -2.48. The first-order valence-electron chi connectivity index (χ1n) is 4.76. The van der Waals surface area contributed by atoms with E-state index in [0.29, 0.717) is 5.92 Å². The first-order valence-corrected chi connectivity index (χ1v) is 4.76. The Morgan fingerprint density at radius 1 is 1.42 bits per heavy atom. The van der Waals surface area contributed by atoms with Crippen molar-refractivity contribution >= 4 is 0 Å². The summed E-state index contributed by atoms with van der Waals surface area (Å²) in [6.07, 6.45) is 2.36. The van der Waals surface area contributed by atoms with Gasteiger partial charge in [-0.1, -0.05) is 20.3 Å². The molecule has 0 spiro atoms. The second-order valence-electron chi connectivity index (χ2n) is 4.10. The van der Waals surface area contributed by atoms with E-state index < -0.39 is 0 Å². The summed E-state index contributed by atoms with van der Waals surface area (Å²) < 4.78 is 5.34. The molecule has 0 aromatic heterocycles. The molecule has 0 saturated carbocycles. The highest BCUT2D eigenvalue weighted by molar-refractivity contribution is 4.85. The molecular formula is C10H23NO. The average Bonchev–Trinajstić information content (AvgIpc) is 2.03. The molecule has 74 valence electrons. The van der Waals surface area contributed by atoms with Crippen LogP contribution in [-0.4, -0.2) is 18.8 Å². The number of hydrogen-bond acceptors (Lipinski definition) is 2. The molecule has 0 aliphatic rings. The van der Waals surface area contributed by atoms with Gasteiger partial charge in [0, 0.05) is 13.2 Å². The molecule has 2 N–H and O–H groups in total. The van der Waals surface area contributed by atoms with Crippen molar-refractivity contribution in [2.24, 2.45) is 11.7 Å². The summed E-state index contributed by atoms with van der Waals surface area (Å²) in [5.74, 6) is 0.532. The molecule has 0 fully saturated rings. The van der Waals surface area contributed by atoms with E-state index in [9.17, 15) is 0 Å². The maximum Gasteiger partial charge on any atom is 0.0775 e. The van der Waals surface area contributed by atoms with Gasteiger partial charge in [0.25, 0.3) is 0 Å². The Balaban J connectivity index is 4.07. The molecule has 0 aromatic carbocycles. The van der Waals surface area contributed by atoms with Gasteiger partial charge in [-0.05, 0) is 26.2 Å². The van der Waals surface area contributed by atoms with Crippen LogP contribution in [0.4, 0.5) is 0 Å². The van der Waals surface area contributed by atoms with E-state index >= 15 is 0 Å². The van der Waals surface area contributed by atoms with Crippen LogP contribution in [0.3, 0.4) is 0 Å². The van der Waals surface area contributed by atoms with Crippen LogP contribution >= 0.6 is 0 Å². The van der Waals surface area contributed by atoms with Crippen LogP contribution in [0.2, 0.25) is 0 Å².